The SMILES string of the molecule is c1cn(C2CCCCC(C3CCCCCC3)CCC2)nn1. The van der Waals surface area contributed by atoms with Crippen molar-refractivity contribution in [3.63, 3.8) is 0 Å². The third kappa shape index (κ3) is 4.31. The monoisotopic (exact) mass is 289 g/mol. The first-order valence-corrected chi connectivity index (χ1v) is 9.29. The minimum Gasteiger partial charge on any atom is -0.250 e. The molecule has 1 heterocycles. The average Bonchev–Trinajstić information content (AvgIpc) is 2.94. The summed E-state index contributed by atoms with van der Waals surface area (Å²) in [4.78, 5) is 0. The molecular weight excluding hydrogens is 258 g/mol. The Morgan fingerprint density at radius 1 is 0.667 bits per heavy atom. The van der Waals surface area contributed by atoms with Crippen molar-refractivity contribution in [2.45, 2.75) is 89.5 Å². The van der Waals surface area contributed by atoms with E-state index in [1.54, 1.807) is 0 Å². The van der Waals surface area contributed by atoms with Crippen LogP contribution < -0.4 is 0 Å². The zero-order valence-corrected chi connectivity index (χ0v) is 13.4. The van der Waals surface area contributed by atoms with Gasteiger partial charge in [-0.05, 0) is 24.7 Å². The lowest BCUT2D eigenvalue weighted by atomic mass is 9.80. The Balaban J connectivity index is 1.55. The number of hydrogen-bond acceptors (Lipinski definition) is 2. The molecule has 0 radical (unpaired) electrons. The van der Waals surface area contributed by atoms with E-state index in [4.69, 9.17) is 0 Å². The minimum atomic E-state index is 0.598. The summed E-state index contributed by atoms with van der Waals surface area (Å²) in [6, 6.07) is 0.598. The highest BCUT2D eigenvalue weighted by Crippen LogP contribution is 2.37. The van der Waals surface area contributed by atoms with E-state index in [9.17, 15) is 0 Å². The van der Waals surface area contributed by atoms with Gasteiger partial charge in [0.05, 0.1) is 12.2 Å². The van der Waals surface area contributed by atoms with Gasteiger partial charge in [-0.15, -0.1) is 5.10 Å². The Labute approximate surface area is 129 Å². The van der Waals surface area contributed by atoms with Crippen molar-refractivity contribution in [3.05, 3.63) is 12.4 Å². The molecule has 0 spiro atoms. The molecule has 0 aliphatic heterocycles. The molecule has 3 rings (SSSR count). The first kappa shape index (κ1) is 15.1. The Hall–Kier alpha value is -0.860. The highest BCUT2D eigenvalue weighted by Gasteiger charge is 2.24. The van der Waals surface area contributed by atoms with Crippen molar-refractivity contribution >= 4 is 0 Å². The summed E-state index contributed by atoms with van der Waals surface area (Å²) in [5.74, 6) is 2.05. The molecule has 118 valence electrons. The topological polar surface area (TPSA) is 30.7 Å². The second-order valence-corrected chi connectivity index (χ2v) is 7.26. The summed E-state index contributed by atoms with van der Waals surface area (Å²) >= 11 is 0. The van der Waals surface area contributed by atoms with Crippen molar-refractivity contribution in [1.82, 2.24) is 15.0 Å². The largest absolute Gasteiger partial charge is 0.250 e. The van der Waals surface area contributed by atoms with Crippen LogP contribution in [0, 0.1) is 11.8 Å². The molecular formula is C18H31N3. The van der Waals surface area contributed by atoms with Gasteiger partial charge in [0.2, 0.25) is 0 Å². The Morgan fingerprint density at radius 2 is 1.24 bits per heavy atom. The van der Waals surface area contributed by atoms with E-state index >= 15 is 0 Å². The predicted octanol–water partition coefficient (Wildman–Crippen LogP) is 5.15. The van der Waals surface area contributed by atoms with Gasteiger partial charge in [0.1, 0.15) is 0 Å². The van der Waals surface area contributed by atoms with Gasteiger partial charge in [-0.2, -0.15) is 0 Å². The lowest BCUT2D eigenvalue weighted by Gasteiger charge is -2.26. The molecule has 0 saturated heterocycles. The fourth-order valence-electron chi connectivity index (χ4n) is 4.62. The fourth-order valence-corrected chi connectivity index (χ4v) is 4.62. The van der Waals surface area contributed by atoms with E-state index in [0.29, 0.717) is 6.04 Å². The summed E-state index contributed by atoms with van der Waals surface area (Å²) in [5, 5.41) is 8.22. The average molecular weight is 289 g/mol. The van der Waals surface area contributed by atoms with Gasteiger partial charge in [0, 0.05) is 6.20 Å². The Morgan fingerprint density at radius 3 is 1.90 bits per heavy atom. The van der Waals surface area contributed by atoms with Crippen LogP contribution in [0.3, 0.4) is 0 Å². The quantitative estimate of drug-likeness (QED) is 0.705. The van der Waals surface area contributed by atoms with Crippen molar-refractivity contribution in [3.8, 4) is 0 Å². The van der Waals surface area contributed by atoms with Crippen LogP contribution in [0.2, 0.25) is 0 Å². The normalized spacial score (nSPS) is 30.1. The van der Waals surface area contributed by atoms with Gasteiger partial charge in [-0.25, -0.2) is 4.68 Å². The highest BCUT2D eigenvalue weighted by atomic mass is 15.4. The maximum absolute atomic E-state index is 4.23. The molecule has 0 bridgehead atoms. The summed E-state index contributed by atoms with van der Waals surface area (Å²) in [6.45, 7) is 0. The van der Waals surface area contributed by atoms with E-state index in [2.05, 4.69) is 15.0 Å². The molecule has 0 amide bonds. The van der Waals surface area contributed by atoms with Crippen LogP contribution in [0.5, 0.6) is 0 Å². The lowest BCUT2D eigenvalue weighted by Crippen LogP contribution is -2.14. The molecule has 21 heavy (non-hydrogen) atoms. The fraction of sp³-hybridized carbons (Fsp3) is 0.889. The third-order valence-corrected chi connectivity index (χ3v) is 5.86. The van der Waals surface area contributed by atoms with Crippen LogP contribution in [0.15, 0.2) is 12.4 Å². The van der Waals surface area contributed by atoms with E-state index in [-0.39, 0.29) is 0 Å². The van der Waals surface area contributed by atoms with Crippen molar-refractivity contribution in [2.24, 2.45) is 11.8 Å². The van der Waals surface area contributed by atoms with Crippen LogP contribution in [-0.2, 0) is 0 Å². The van der Waals surface area contributed by atoms with Gasteiger partial charge in [0.25, 0.3) is 0 Å². The summed E-state index contributed by atoms with van der Waals surface area (Å²) < 4.78 is 2.10. The summed E-state index contributed by atoms with van der Waals surface area (Å²) in [7, 11) is 0. The molecule has 0 aromatic carbocycles. The molecule has 3 nitrogen and oxygen atoms in total. The molecule has 2 unspecified atom stereocenters. The van der Waals surface area contributed by atoms with E-state index < -0.39 is 0 Å². The van der Waals surface area contributed by atoms with Gasteiger partial charge in [-0.3, -0.25) is 0 Å². The van der Waals surface area contributed by atoms with Crippen molar-refractivity contribution in [1.29, 1.82) is 0 Å². The molecule has 3 heteroatoms. The molecule has 2 fully saturated rings. The third-order valence-electron chi connectivity index (χ3n) is 5.86. The molecule has 2 saturated carbocycles. The number of aromatic nitrogens is 3. The van der Waals surface area contributed by atoms with Gasteiger partial charge in [0.15, 0.2) is 0 Å². The highest BCUT2D eigenvalue weighted by molar-refractivity contribution is 4.78. The smallest absolute Gasteiger partial charge is 0.0693 e. The predicted molar refractivity (Wildman–Crippen MR) is 86.1 cm³/mol. The number of rotatable bonds is 2. The van der Waals surface area contributed by atoms with Gasteiger partial charge in [-0.1, -0.05) is 75.8 Å². The van der Waals surface area contributed by atoms with E-state index in [1.165, 1.54) is 83.5 Å². The first-order chi connectivity index (χ1) is 10.4. The van der Waals surface area contributed by atoms with Crippen molar-refractivity contribution < 1.29 is 0 Å². The first-order valence-electron chi connectivity index (χ1n) is 9.29. The van der Waals surface area contributed by atoms with Gasteiger partial charge < -0.3 is 0 Å². The van der Waals surface area contributed by atoms with Crippen LogP contribution in [0.25, 0.3) is 0 Å². The van der Waals surface area contributed by atoms with Gasteiger partial charge >= 0.3 is 0 Å². The Kier molecular flexibility index (Phi) is 5.70. The standard InChI is InChI=1S/C18H31N3/c1-2-4-9-16(8-3-1)17-10-5-6-12-18(13-7-11-17)21-15-14-19-20-21/h14-18H,1-13H2. The molecule has 1 aromatic rings. The van der Waals surface area contributed by atoms with E-state index in [0.717, 1.165) is 11.8 Å². The number of nitrogens with zero attached hydrogens (tertiary/aromatic N) is 3. The summed E-state index contributed by atoms with van der Waals surface area (Å²) in [6.07, 6.45) is 22.5. The second kappa shape index (κ2) is 7.95. The minimum absolute atomic E-state index is 0.598. The number of hydrogen-bond donors (Lipinski definition) is 0. The van der Waals surface area contributed by atoms with Crippen molar-refractivity contribution in [2.75, 3.05) is 0 Å². The zero-order valence-electron chi connectivity index (χ0n) is 13.4. The maximum atomic E-state index is 4.23. The van der Waals surface area contributed by atoms with Crippen LogP contribution >= 0.6 is 0 Å². The van der Waals surface area contributed by atoms with Crippen LogP contribution in [0.1, 0.15) is 89.5 Å². The molecule has 1 aromatic heterocycles. The second-order valence-electron chi connectivity index (χ2n) is 7.26. The molecule has 2 atom stereocenters. The maximum Gasteiger partial charge on any atom is 0.0693 e. The summed E-state index contributed by atoms with van der Waals surface area (Å²) in [5.41, 5.74) is 0. The van der Waals surface area contributed by atoms with E-state index in [1.807, 2.05) is 12.4 Å². The molecule has 0 N–H and O–H groups in total. The Bertz CT molecular complexity index is 379. The molecule has 2 aliphatic rings. The molecule has 2 aliphatic carbocycles. The van der Waals surface area contributed by atoms with Crippen LogP contribution in [-0.4, -0.2) is 15.0 Å². The van der Waals surface area contributed by atoms with Crippen LogP contribution in [0.4, 0.5) is 0 Å². The lowest BCUT2D eigenvalue weighted by molar-refractivity contribution is 0.256. The zero-order chi connectivity index (χ0) is 14.3.